The number of nitrogens with one attached hydrogen (secondary N) is 1. The van der Waals surface area contributed by atoms with E-state index in [1.165, 1.54) is 5.56 Å². The highest BCUT2D eigenvalue weighted by molar-refractivity contribution is 7.79. The number of piperazine rings is 1. The first kappa shape index (κ1) is 21.6. The fourth-order valence-electron chi connectivity index (χ4n) is 1.99. The van der Waals surface area contributed by atoms with E-state index in [1.807, 2.05) is 17.0 Å². The van der Waals surface area contributed by atoms with Gasteiger partial charge in [0, 0.05) is 37.7 Å². The predicted molar refractivity (Wildman–Crippen MR) is 88.0 cm³/mol. The summed E-state index contributed by atoms with van der Waals surface area (Å²) in [6.45, 7) is 4.50. The van der Waals surface area contributed by atoms with Crippen molar-refractivity contribution in [1.29, 1.82) is 5.41 Å². The van der Waals surface area contributed by atoms with E-state index in [9.17, 15) is 0 Å². The monoisotopic (exact) mass is 368 g/mol. The predicted octanol–water partition coefficient (Wildman–Crippen LogP) is -0.126. The topological polar surface area (TPSA) is 162 Å². The van der Waals surface area contributed by atoms with E-state index in [-0.39, 0.29) is 11.4 Å². The molecule has 0 aromatic heterocycles. The van der Waals surface area contributed by atoms with Crippen molar-refractivity contribution < 1.29 is 23.0 Å². The molecule has 2 rings (SSSR count). The summed E-state index contributed by atoms with van der Waals surface area (Å²) in [4.78, 5) is 4.26. The third kappa shape index (κ3) is 10.0. The van der Waals surface area contributed by atoms with Crippen molar-refractivity contribution in [2.24, 2.45) is 5.73 Å². The van der Waals surface area contributed by atoms with Crippen molar-refractivity contribution >= 4 is 28.0 Å². The summed E-state index contributed by atoms with van der Waals surface area (Å²) in [5.41, 5.74) is 6.73. The van der Waals surface area contributed by atoms with E-state index in [0.29, 0.717) is 0 Å². The van der Waals surface area contributed by atoms with Crippen LogP contribution in [0.4, 0.5) is 0 Å². The number of benzene rings is 1. The van der Waals surface area contributed by atoms with Gasteiger partial charge in [0.2, 0.25) is 0 Å². The highest BCUT2D eigenvalue weighted by Gasteiger charge is 2.17. The van der Waals surface area contributed by atoms with Gasteiger partial charge in [-0.15, -0.1) is 0 Å². The van der Waals surface area contributed by atoms with Gasteiger partial charge in [0.05, 0.1) is 0 Å². The number of guanidine groups is 1. The fourth-order valence-corrected chi connectivity index (χ4v) is 2.12. The van der Waals surface area contributed by atoms with Gasteiger partial charge in [-0.3, -0.25) is 19.4 Å². The fraction of sp³-hybridized carbons (Fsp3) is 0.417. The molecule has 0 bridgehead atoms. The van der Waals surface area contributed by atoms with Crippen LogP contribution in [0, 0.1) is 5.41 Å². The molecule has 132 valence electrons. The molecule has 11 heteroatoms. The Labute approximate surface area is 140 Å². The lowest BCUT2D eigenvalue weighted by Crippen LogP contribution is -2.50. The standard InChI is InChI=1S/C12H17ClN4.H2O4S.H2O/c13-11-3-1-10(2-4-11)9-16-5-7-17(8-6-16)12(14)15;1-5(2,3)4;/h1-4H,5-9H2,(H3,14,15);(H2,1,2,3,4);1H2. The summed E-state index contributed by atoms with van der Waals surface area (Å²) in [5, 5.41) is 8.14. The molecule has 0 radical (unpaired) electrons. The minimum absolute atomic E-state index is 0. The molecule has 1 fully saturated rings. The van der Waals surface area contributed by atoms with Crippen LogP contribution in [0.3, 0.4) is 0 Å². The van der Waals surface area contributed by atoms with Gasteiger partial charge in [-0.2, -0.15) is 8.42 Å². The van der Waals surface area contributed by atoms with Crippen LogP contribution in [0.15, 0.2) is 24.3 Å². The Kier molecular flexibility index (Phi) is 9.05. The summed E-state index contributed by atoms with van der Waals surface area (Å²) in [6, 6.07) is 7.95. The van der Waals surface area contributed by atoms with E-state index in [1.54, 1.807) is 0 Å². The Morgan fingerprint density at radius 2 is 1.61 bits per heavy atom. The van der Waals surface area contributed by atoms with Gasteiger partial charge in [0.25, 0.3) is 0 Å². The molecule has 0 amide bonds. The smallest absolute Gasteiger partial charge is 0.394 e. The first-order valence-corrected chi connectivity index (χ1v) is 8.18. The van der Waals surface area contributed by atoms with Crippen molar-refractivity contribution in [2.45, 2.75) is 6.54 Å². The lowest BCUT2D eigenvalue weighted by atomic mass is 10.2. The quantitative estimate of drug-likeness (QED) is 0.321. The zero-order valence-corrected chi connectivity index (χ0v) is 13.9. The van der Waals surface area contributed by atoms with Crippen LogP contribution in [0.2, 0.25) is 5.02 Å². The first-order chi connectivity index (χ1) is 10.1. The molecule has 7 N–H and O–H groups in total. The number of rotatable bonds is 2. The Morgan fingerprint density at radius 1 is 1.17 bits per heavy atom. The van der Waals surface area contributed by atoms with Crippen LogP contribution in [0.25, 0.3) is 0 Å². The van der Waals surface area contributed by atoms with E-state index < -0.39 is 10.4 Å². The largest absolute Gasteiger partial charge is 0.412 e. The highest BCUT2D eigenvalue weighted by Crippen LogP contribution is 2.12. The van der Waals surface area contributed by atoms with Gasteiger partial charge in [-0.05, 0) is 17.7 Å². The molecule has 1 heterocycles. The summed E-state index contributed by atoms with van der Waals surface area (Å²) in [5.74, 6) is 0.177. The van der Waals surface area contributed by atoms with E-state index in [0.717, 1.165) is 37.7 Å². The van der Waals surface area contributed by atoms with Gasteiger partial charge < -0.3 is 16.1 Å². The van der Waals surface area contributed by atoms with Gasteiger partial charge >= 0.3 is 10.4 Å². The summed E-state index contributed by atoms with van der Waals surface area (Å²) >= 11 is 5.85. The number of nitrogens with two attached hydrogens (primary N) is 1. The Bertz CT molecular complexity index is 580. The zero-order chi connectivity index (χ0) is 16.8. The van der Waals surface area contributed by atoms with Crippen molar-refractivity contribution in [3.8, 4) is 0 Å². The number of hydrogen-bond acceptors (Lipinski definition) is 4. The minimum Gasteiger partial charge on any atom is -0.412 e. The lowest BCUT2D eigenvalue weighted by molar-refractivity contribution is 0.174. The van der Waals surface area contributed by atoms with E-state index >= 15 is 0 Å². The summed E-state index contributed by atoms with van der Waals surface area (Å²) in [6.07, 6.45) is 0. The second kappa shape index (κ2) is 9.65. The van der Waals surface area contributed by atoms with Crippen molar-refractivity contribution in [3.63, 3.8) is 0 Å². The molecule has 1 saturated heterocycles. The molecule has 0 unspecified atom stereocenters. The number of halogens is 1. The average molecular weight is 369 g/mol. The molecule has 0 spiro atoms. The van der Waals surface area contributed by atoms with Crippen molar-refractivity contribution in [3.05, 3.63) is 34.9 Å². The molecule has 0 saturated carbocycles. The zero-order valence-electron chi connectivity index (χ0n) is 12.3. The Morgan fingerprint density at radius 3 is 2.00 bits per heavy atom. The van der Waals surface area contributed by atoms with Gasteiger partial charge in [0.15, 0.2) is 5.96 Å². The van der Waals surface area contributed by atoms with Crippen molar-refractivity contribution in [1.82, 2.24) is 9.80 Å². The summed E-state index contributed by atoms with van der Waals surface area (Å²) in [7, 11) is -4.67. The average Bonchev–Trinajstić information content (AvgIpc) is 2.40. The molecule has 9 nitrogen and oxygen atoms in total. The second-order valence-electron chi connectivity index (χ2n) is 4.72. The Hall–Kier alpha value is -1.43. The molecule has 0 aliphatic carbocycles. The number of nitrogens with zero attached hydrogens (tertiary/aromatic N) is 2. The molecule has 1 aromatic rings. The molecular formula is C12H21ClN4O5S. The van der Waals surface area contributed by atoms with Gasteiger partial charge in [0.1, 0.15) is 0 Å². The highest BCUT2D eigenvalue weighted by atomic mass is 35.5. The molecule has 1 aliphatic heterocycles. The van der Waals surface area contributed by atoms with Crippen LogP contribution < -0.4 is 5.73 Å². The van der Waals surface area contributed by atoms with Crippen LogP contribution in [-0.2, 0) is 16.9 Å². The van der Waals surface area contributed by atoms with Crippen LogP contribution in [-0.4, -0.2) is 64.9 Å². The molecule has 0 atom stereocenters. The van der Waals surface area contributed by atoms with Gasteiger partial charge in [-0.25, -0.2) is 0 Å². The third-order valence-corrected chi connectivity index (χ3v) is 3.28. The SMILES string of the molecule is N=C(N)N1CCN(Cc2ccc(Cl)cc2)CC1.O.O=S(=O)(O)O. The molecule has 1 aliphatic rings. The maximum atomic E-state index is 8.74. The lowest BCUT2D eigenvalue weighted by Gasteiger charge is -2.34. The number of hydrogen-bond donors (Lipinski definition) is 4. The van der Waals surface area contributed by atoms with E-state index in [2.05, 4.69) is 17.0 Å². The van der Waals surface area contributed by atoms with Crippen LogP contribution in [0.1, 0.15) is 5.56 Å². The normalized spacial score (nSPS) is 15.2. The summed E-state index contributed by atoms with van der Waals surface area (Å²) < 4.78 is 31.6. The first-order valence-electron chi connectivity index (χ1n) is 6.41. The third-order valence-electron chi connectivity index (χ3n) is 3.03. The molecule has 1 aromatic carbocycles. The van der Waals surface area contributed by atoms with Crippen LogP contribution >= 0.6 is 11.6 Å². The van der Waals surface area contributed by atoms with Crippen LogP contribution in [0.5, 0.6) is 0 Å². The maximum Gasteiger partial charge on any atom is 0.394 e. The minimum atomic E-state index is -4.67. The Balaban J connectivity index is 0.000000709. The maximum absolute atomic E-state index is 8.74. The van der Waals surface area contributed by atoms with E-state index in [4.69, 9.17) is 40.3 Å². The van der Waals surface area contributed by atoms with Crippen molar-refractivity contribution in [2.75, 3.05) is 26.2 Å². The van der Waals surface area contributed by atoms with Gasteiger partial charge in [-0.1, -0.05) is 23.7 Å². The molecular weight excluding hydrogens is 348 g/mol. The second-order valence-corrected chi connectivity index (χ2v) is 6.05. The molecule has 23 heavy (non-hydrogen) atoms.